The lowest BCUT2D eigenvalue weighted by molar-refractivity contribution is -0.0588. The molecule has 1 saturated heterocycles. The van der Waals surface area contributed by atoms with Gasteiger partial charge in [0.1, 0.15) is 11.4 Å². The minimum atomic E-state index is -0.537. The number of aromatic nitrogens is 1. The predicted molar refractivity (Wildman–Crippen MR) is 127 cm³/mol. The number of ether oxygens (including phenoxy) is 1. The van der Waals surface area contributed by atoms with Crippen molar-refractivity contribution in [2.45, 2.75) is 64.8 Å². The zero-order valence-corrected chi connectivity index (χ0v) is 19.5. The maximum atomic E-state index is 11.1. The minimum absolute atomic E-state index is 0.316. The van der Waals surface area contributed by atoms with Gasteiger partial charge in [0.25, 0.3) is 0 Å². The van der Waals surface area contributed by atoms with Crippen LogP contribution in [0.25, 0.3) is 10.9 Å². The van der Waals surface area contributed by atoms with E-state index in [0.717, 1.165) is 59.4 Å². The van der Waals surface area contributed by atoms with Crippen LogP contribution in [0.1, 0.15) is 65.0 Å². The lowest BCUT2D eigenvalue weighted by atomic mass is 9.81. The summed E-state index contributed by atoms with van der Waals surface area (Å²) < 4.78 is 6.53. The fraction of sp³-hybridized carbons (Fsp3) is 0.481. The van der Waals surface area contributed by atoms with Gasteiger partial charge in [-0.3, -0.25) is 0 Å². The van der Waals surface area contributed by atoms with Crippen LogP contribution in [0.5, 0.6) is 5.75 Å². The number of benzene rings is 2. The summed E-state index contributed by atoms with van der Waals surface area (Å²) >= 11 is 0. The zero-order valence-electron chi connectivity index (χ0n) is 19.5. The standard InChI is InChI=1S/C27H34N2O3/c1-16-5-6-20-22(11-16)28-19(4)26(20)24(31)15-29-9-7-27(8-10-29)14-23(30)21-12-17(2)18(3)13-25(21)32-27/h5-6,11-13,23-24,28,30-31H,7-10,14-15H2,1-4H3. The van der Waals surface area contributed by atoms with Gasteiger partial charge in [0, 0.05) is 53.8 Å². The second-order valence-corrected chi connectivity index (χ2v) is 10.0. The van der Waals surface area contributed by atoms with E-state index >= 15 is 0 Å². The highest BCUT2D eigenvalue weighted by Gasteiger charge is 2.43. The maximum absolute atomic E-state index is 11.1. The molecule has 5 nitrogen and oxygen atoms in total. The fourth-order valence-electron chi connectivity index (χ4n) is 5.58. The molecule has 1 spiro atoms. The van der Waals surface area contributed by atoms with Crippen molar-refractivity contribution in [1.29, 1.82) is 0 Å². The Morgan fingerprint density at radius 2 is 1.81 bits per heavy atom. The van der Waals surface area contributed by atoms with E-state index in [0.29, 0.717) is 13.0 Å². The van der Waals surface area contributed by atoms with Crippen LogP contribution < -0.4 is 4.74 Å². The molecular weight excluding hydrogens is 400 g/mol. The molecule has 32 heavy (non-hydrogen) atoms. The molecule has 3 aromatic rings. The lowest BCUT2D eigenvalue weighted by Crippen LogP contribution is -2.51. The first kappa shape index (κ1) is 21.5. The van der Waals surface area contributed by atoms with Gasteiger partial charge < -0.3 is 24.8 Å². The number of fused-ring (bicyclic) bond motifs is 2. The zero-order chi connectivity index (χ0) is 22.6. The molecule has 170 valence electrons. The van der Waals surface area contributed by atoms with Crippen molar-refractivity contribution in [1.82, 2.24) is 9.88 Å². The molecule has 3 N–H and O–H groups in total. The molecule has 1 fully saturated rings. The molecule has 1 aromatic heterocycles. The van der Waals surface area contributed by atoms with Crippen LogP contribution in [0.15, 0.2) is 30.3 Å². The number of likely N-dealkylation sites (tertiary alicyclic amines) is 1. The number of aliphatic hydroxyl groups is 2. The van der Waals surface area contributed by atoms with Gasteiger partial charge in [-0.25, -0.2) is 0 Å². The minimum Gasteiger partial charge on any atom is -0.487 e. The van der Waals surface area contributed by atoms with E-state index < -0.39 is 12.2 Å². The molecule has 0 radical (unpaired) electrons. The van der Waals surface area contributed by atoms with Crippen LogP contribution >= 0.6 is 0 Å². The Morgan fingerprint density at radius 3 is 2.56 bits per heavy atom. The van der Waals surface area contributed by atoms with Crippen molar-refractivity contribution in [2.24, 2.45) is 0 Å². The number of nitrogens with one attached hydrogen (secondary N) is 1. The first-order valence-electron chi connectivity index (χ1n) is 11.7. The summed E-state index contributed by atoms with van der Waals surface area (Å²) in [5, 5.41) is 23.1. The van der Waals surface area contributed by atoms with Crippen LogP contribution in [-0.4, -0.2) is 45.3 Å². The van der Waals surface area contributed by atoms with E-state index in [4.69, 9.17) is 4.74 Å². The number of aryl methyl sites for hydroxylation is 4. The molecule has 0 amide bonds. The summed E-state index contributed by atoms with van der Waals surface area (Å²) in [6, 6.07) is 10.5. The normalized spacial score (nSPS) is 21.5. The molecule has 0 bridgehead atoms. The first-order valence-corrected chi connectivity index (χ1v) is 11.7. The van der Waals surface area contributed by atoms with Crippen molar-refractivity contribution in [3.63, 3.8) is 0 Å². The number of rotatable bonds is 3. The van der Waals surface area contributed by atoms with Gasteiger partial charge in [-0.15, -0.1) is 0 Å². The molecule has 0 aliphatic carbocycles. The Morgan fingerprint density at radius 1 is 1.09 bits per heavy atom. The Kier molecular flexibility index (Phi) is 5.31. The van der Waals surface area contributed by atoms with E-state index in [-0.39, 0.29) is 5.60 Å². The van der Waals surface area contributed by atoms with E-state index in [1.165, 1.54) is 16.7 Å². The summed E-state index contributed by atoms with van der Waals surface area (Å²) in [5.74, 6) is 0.838. The Bertz CT molecular complexity index is 1160. The highest BCUT2D eigenvalue weighted by molar-refractivity contribution is 5.85. The third-order valence-electron chi connectivity index (χ3n) is 7.60. The summed E-state index contributed by atoms with van der Waals surface area (Å²) in [6.45, 7) is 10.6. The second-order valence-electron chi connectivity index (χ2n) is 10.0. The lowest BCUT2D eigenvalue weighted by Gasteiger charge is -2.46. The summed E-state index contributed by atoms with van der Waals surface area (Å²) in [7, 11) is 0. The summed E-state index contributed by atoms with van der Waals surface area (Å²) in [6.07, 6.45) is 1.33. The number of aliphatic hydroxyl groups excluding tert-OH is 2. The third-order valence-corrected chi connectivity index (χ3v) is 7.60. The molecule has 3 heterocycles. The Hall–Kier alpha value is -2.34. The van der Waals surface area contributed by atoms with E-state index in [2.05, 4.69) is 61.0 Å². The Labute approximate surface area is 190 Å². The largest absolute Gasteiger partial charge is 0.487 e. The number of β-amino-alcohol motifs (C(OH)–C–C–N with tert-alkyl or cyclic N) is 1. The fourth-order valence-corrected chi connectivity index (χ4v) is 5.58. The summed E-state index contributed by atoms with van der Waals surface area (Å²) in [4.78, 5) is 5.76. The number of nitrogens with zero attached hydrogens (tertiary/aromatic N) is 1. The second kappa shape index (κ2) is 7.91. The van der Waals surface area contributed by atoms with Crippen LogP contribution in [0.2, 0.25) is 0 Å². The predicted octanol–water partition coefficient (Wildman–Crippen LogP) is 4.79. The molecule has 5 rings (SSSR count). The molecular formula is C27H34N2O3. The van der Waals surface area contributed by atoms with Crippen LogP contribution in [0, 0.1) is 27.7 Å². The SMILES string of the molecule is Cc1ccc2c(C(O)CN3CCC4(CC3)CC(O)c3cc(C)c(C)cc3O4)c(C)[nH]c2c1. The molecule has 0 saturated carbocycles. The average molecular weight is 435 g/mol. The highest BCUT2D eigenvalue weighted by Crippen LogP contribution is 2.45. The number of piperidine rings is 1. The highest BCUT2D eigenvalue weighted by atomic mass is 16.5. The number of hydrogen-bond acceptors (Lipinski definition) is 4. The quantitative estimate of drug-likeness (QED) is 0.555. The smallest absolute Gasteiger partial charge is 0.126 e. The van der Waals surface area contributed by atoms with Gasteiger partial charge in [0.15, 0.2) is 0 Å². The van der Waals surface area contributed by atoms with Crippen molar-refractivity contribution in [2.75, 3.05) is 19.6 Å². The van der Waals surface area contributed by atoms with Crippen molar-refractivity contribution >= 4 is 10.9 Å². The van der Waals surface area contributed by atoms with E-state index in [9.17, 15) is 10.2 Å². The van der Waals surface area contributed by atoms with E-state index in [1.807, 2.05) is 6.92 Å². The van der Waals surface area contributed by atoms with Crippen LogP contribution in [0.4, 0.5) is 0 Å². The van der Waals surface area contributed by atoms with Gasteiger partial charge >= 0.3 is 0 Å². The first-order chi connectivity index (χ1) is 15.2. The average Bonchev–Trinajstić information content (AvgIpc) is 3.06. The Balaban J connectivity index is 1.28. The third kappa shape index (κ3) is 3.72. The van der Waals surface area contributed by atoms with Gasteiger partial charge in [-0.1, -0.05) is 12.1 Å². The van der Waals surface area contributed by atoms with E-state index in [1.54, 1.807) is 0 Å². The monoisotopic (exact) mass is 434 g/mol. The van der Waals surface area contributed by atoms with Crippen molar-refractivity contribution in [3.8, 4) is 5.75 Å². The molecule has 2 atom stereocenters. The summed E-state index contributed by atoms with van der Waals surface area (Å²) in [5.41, 5.74) is 7.32. The number of H-pyrrole nitrogens is 1. The molecule has 2 unspecified atom stereocenters. The van der Waals surface area contributed by atoms with Crippen molar-refractivity contribution in [3.05, 3.63) is 63.8 Å². The van der Waals surface area contributed by atoms with Crippen LogP contribution in [0.3, 0.4) is 0 Å². The maximum Gasteiger partial charge on any atom is 0.126 e. The molecule has 5 heteroatoms. The molecule has 2 aliphatic heterocycles. The van der Waals surface area contributed by atoms with Crippen LogP contribution in [-0.2, 0) is 0 Å². The molecule has 2 aromatic carbocycles. The van der Waals surface area contributed by atoms with Gasteiger partial charge in [0.05, 0.1) is 12.2 Å². The van der Waals surface area contributed by atoms with Crippen molar-refractivity contribution < 1.29 is 14.9 Å². The van der Waals surface area contributed by atoms with Gasteiger partial charge in [-0.2, -0.15) is 0 Å². The van der Waals surface area contributed by atoms with Gasteiger partial charge in [-0.05, 0) is 75.4 Å². The molecule has 2 aliphatic rings. The number of aromatic amines is 1. The topological polar surface area (TPSA) is 68.7 Å². The number of hydrogen-bond donors (Lipinski definition) is 3. The van der Waals surface area contributed by atoms with Gasteiger partial charge in [0.2, 0.25) is 0 Å².